The number of hydrogen-bond donors (Lipinski definition) is 1. The predicted octanol–water partition coefficient (Wildman–Crippen LogP) is 5.43. The molecular weight excluding hydrogens is 380 g/mol. The largest absolute Gasteiger partial charge is 0.310 e. The number of benzene rings is 2. The molecule has 2 aromatic rings. The van der Waals surface area contributed by atoms with Gasteiger partial charge in [-0.2, -0.15) is 5.26 Å². The fraction of sp³-hybridized carbons (Fsp3) is 0.444. The van der Waals surface area contributed by atoms with Gasteiger partial charge in [0, 0.05) is 6.04 Å². The molecule has 1 atom stereocenters. The van der Waals surface area contributed by atoms with E-state index in [9.17, 15) is 5.26 Å². The Morgan fingerprint density at radius 3 is 2.81 bits per heavy atom. The van der Waals surface area contributed by atoms with Crippen molar-refractivity contribution in [3.05, 3.63) is 69.8 Å². The summed E-state index contributed by atoms with van der Waals surface area (Å²) in [5.41, 5.74) is 7.83. The van der Waals surface area contributed by atoms with Crippen LogP contribution in [0.1, 0.15) is 73.0 Å². The molecule has 162 valence electrons. The summed E-state index contributed by atoms with van der Waals surface area (Å²) in [5, 5.41) is 13.3. The Morgan fingerprint density at radius 1 is 1.26 bits per heavy atom. The Balaban J connectivity index is 1.86. The zero-order valence-corrected chi connectivity index (χ0v) is 19.1. The first-order valence-electron chi connectivity index (χ1n) is 11.4. The molecule has 31 heavy (non-hydrogen) atoms. The topological polar surface area (TPSA) is 60.5 Å². The number of nitrogens with zero attached hydrogens (tertiary/aromatic N) is 3. The lowest BCUT2D eigenvalue weighted by Gasteiger charge is -2.14. The van der Waals surface area contributed by atoms with Crippen molar-refractivity contribution < 1.29 is 0 Å². The van der Waals surface area contributed by atoms with E-state index in [0.717, 1.165) is 54.6 Å². The van der Waals surface area contributed by atoms with E-state index in [1.165, 1.54) is 16.7 Å². The molecule has 0 saturated heterocycles. The van der Waals surface area contributed by atoms with Gasteiger partial charge in [0.15, 0.2) is 0 Å². The molecule has 0 aromatic heterocycles. The van der Waals surface area contributed by atoms with Crippen LogP contribution in [0, 0.1) is 17.2 Å². The third-order valence-electron chi connectivity index (χ3n) is 5.90. The molecule has 4 heteroatoms. The van der Waals surface area contributed by atoms with Crippen LogP contribution in [0.3, 0.4) is 0 Å². The van der Waals surface area contributed by atoms with E-state index in [1.807, 2.05) is 6.07 Å². The lowest BCUT2D eigenvalue weighted by atomic mass is 9.95. The summed E-state index contributed by atoms with van der Waals surface area (Å²) in [7, 11) is 0. The van der Waals surface area contributed by atoms with E-state index in [-0.39, 0.29) is 0 Å². The molecule has 1 unspecified atom stereocenters. The minimum atomic E-state index is 0.449. The molecule has 4 nitrogen and oxygen atoms in total. The summed E-state index contributed by atoms with van der Waals surface area (Å²) in [6, 6.07) is 15.5. The number of aliphatic imine (C=N–C) groups is 2. The second kappa shape index (κ2) is 11.0. The summed E-state index contributed by atoms with van der Waals surface area (Å²) < 4.78 is 0. The van der Waals surface area contributed by atoms with Gasteiger partial charge in [0.25, 0.3) is 0 Å². The number of fused-ring (bicyclic) bond motifs is 1. The molecule has 0 radical (unpaired) electrons. The Kier molecular flexibility index (Phi) is 8.14. The van der Waals surface area contributed by atoms with E-state index in [4.69, 9.17) is 4.99 Å². The van der Waals surface area contributed by atoms with Crippen LogP contribution >= 0.6 is 0 Å². The van der Waals surface area contributed by atoms with Crippen molar-refractivity contribution in [2.24, 2.45) is 15.9 Å². The average molecular weight is 415 g/mol. The van der Waals surface area contributed by atoms with E-state index < -0.39 is 0 Å². The van der Waals surface area contributed by atoms with E-state index >= 15 is 0 Å². The Bertz CT molecular complexity index is 981. The molecule has 0 heterocycles. The first kappa shape index (κ1) is 22.9. The molecule has 1 aliphatic carbocycles. The zero-order valence-electron chi connectivity index (χ0n) is 19.1. The van der Waals surface area contributed by atoms with Crippen molar-refractivity contribution in [2.75, 3.05) is 13.1 Å². The van der Waals surface area contributed by atoms with Gasteiger partial charge in [0.05, 0.1) is 30.4 Å². The van der Waals surface area contributed by atoms with Crippen LogP contribution in [0.15, 0.2) is 46.4 Å². The van der Waals surface area contributed by atoms with Crippen molar-refractivity contribution in [2.45, 2.75) is 59.0 Å². The van der Waals surface area contributed by atoms with Gasteiger partial charge < -0.3 is 5.32 Å². The van der Waals surface area contributed by atoms with Crippen molar-refractivity contribution in [3.8, 4) is 6.07 Å². The highest BCUT2D eigenvalue weighted by atomic mass is 14.9. The molecular formula is C27H34N4. The summed E-state index contributed by atoms with van der Waals surface area (Å²) >= 11 is 0. The van der Waals surface area contributed by atoms with Crippen LogP contribution in [-0.4, -0.2) is 25.5 Å². The maximum absolute atomic E-state index is 9.64. The molecule has 1 N–H and O–H groups in total. The van der Waals surface area contributed by atoms with Gasteiger partial charge in [-0.25, -0.2) is 0 Å². The molecule has 0 bridgehead atoms. The third-order valence-corrected chi connectivity index (χ3v) is 5.90. The number of rotatable bonds is 10. The number of hydrogen-bond acceptors (Lipinski definition) is 4. The average Bonchev–Trinajstić information content (AvgIpc) is 3.19. The SMILES string of the molecule is C=NCC(=NCc1cccc2c1CCC2NCCC)c1ccc(CC(C)C)c(C#N)c1. The van der Waals surface area contributed by atoms with Gasteiger partial charge in [0.2, 0.25) is 0 Å². The Hall–Kier alpha value is -2.77. The third kappa shape index (κ3) is 5.68. The quantitative estimate of drug-likeness (QED) is 0.527. The van der Waals surface area contributed by atoms with E-state index in [2.05, 4.69) is 74.2 Å². The Labute approximate surface area is 187 Å². The molecule has 0 spiro atoms. The smallest absolute Gasteiger partial charge is 0.0994 e. The van der Waals surface area contributed by atoms with Crippen LogP contribution in [0.4, 0.5) is 0 Å². The standard InChI is InChI=1S/C27H34N4/c1-5-13-30-26-12-11-24-22(7-6-8-25(24)26)17-31-27(18-29-4)21-10-9-20(14-19(2)3)23(15-21)16-28/h6-10,15,19,26,30H,4-5,11-14,17-18H2,1-3H3. The summed E-state index contributed by atoms with van der Waals surface area (Å²) in [6.07, 6.45) is 4.30. The normalized spacial score (nSPS) is 15.7. The Morgan fingerprint density at radius 2 is 2.10 bits per heavy atom. The van der Waals surface area contributed by atoms with Crippen molar-refractivity contribution in [3.63, 3.8) is 0 Å². The number of nitrogens with one attached hydrogen (secondary N) is 1. The lowest BCUT2D eigenvalue weighted by molar-refractivity contribution is 0.529. The van der Waals surface area contributed by atoms with Crippen LogP contribution in [0.25, 0.3) is 0 Å². The van der Waals surface area contributed by atoms with Crippen LogP contribution in [0.5, 0.6) is 0 Å². The first-order chi connectivity index (χ1) is 15.1. The molecule has 0 amide bonds. The van der Waals surface area contributed by atoms with Crippen molar-refractivity contribution in [1.29, 1.82) is 5.26 Å². The lowest BCUT2D eigenvalue weighted by Crippen LogP contribution is -2.19. The highest BCUT2D eigenvalue weighted by molar-refractivity contribution is 6.02. The van der Waals surface area contributed by atoms with Gasteiger partial charge in [0.1, 0.15) is 0 Å². The second-order valence-corrected chi connectivity index (χ2v) is 8.76. The molecule has 0 fully saturated rings. The van der Waals surface area contributed by atoms with Gasteiger partial charge in [-0.15, -0.1) is 0 Å². The molecule has 3 rings (SSSR count). The van der Waals surface area contributed by atoms with Gasteiger partial charge >= 0.3 is 0 Å². The van der Waals surface area contributed by atoms with Crippen molar-refractivity contribution >= 4 is 12.4 Å². The molecule has 0 aliphatic heterocycles. The highest BCUT2D eigenvalue weighted by Crippen LogP contribution is 2.33. The minimum absolute atomic E-state index is 0.449. The second-order valence-electron chi connectivity index (χ2n) is 8.76. The monoisotopic (exact) mass is 414 g/mol. The highest BCUT2D eigenvalue weighted by Gasteiger charge is 2.23. The van der Waals surface area contributed by atoms with Gasteiger partial charge in [-0.3, -0.25) is 9.98 Å². The van der Waals surface area contributed by atoms with Crippen LogP contribution in [0.2, 0.25) is 0 Å². The maximum Gasteiger partial charge on any atom is 0.0994 e. The summed E-state index contributed by atoms with van der Waals surface area (Å²) in [4.78, 5) is 9.03. The van der Waals surface area contributed by atoms with Gasteiger partial charge in [-0.1, -0.05) is 51.1 Å². The van der Waals surface area contributed by atoms with E-state index in [1.54, 1.807) is 0 Å². The first-order valence-corrected chi connectivity index (χ1v) is 11.4. The fourth-order valence-corrected chi connectivity index (χ4v) is 4.41. The van der Waals surface area contributed by atoms with Crippen LogP contribution in [-0.2, 0) is 19.4 Å². The van der Waals surface area contributed by atoms with E-state index in [0.29, 0.717) is 25.0 Å². The maximum atomic E-state index is 9.64. The summed E-state index contributed by atoms with van der Waals surface area (Å²) in [5.74, 6) is 0.511. The number of nitriles is 1. The molecule has 1 aliphatic rings. The minimum Gasteiger partial charge on any atom is -0.310 e. The molecule has 2 aromatic carbocycles. The molecule has 0 saturated carbocycles. The predicted molar refractivity (Wildman–Crippen MR) is 130 cm³/mol. The summed E-state index contributed by atoms with van der Waals surface area (Å²) in [6.45, 7) is 12.3. The van der Waals surface area contributed by atoms with Crippen LogP contribution < -0.4 is 5.32 Å². The van der Waals surface area contributed by atoms with Gasteiger partial charge in [-0.05, 0) is 78.7 Å². The van der Waals surface area contributed by atoms with Crippen molar-refractivity contribution in [1.82, 2.24) is 5.32 Å². The zero-order chi connectivity index (χ0) is 22.2. The fourth-order valence-electron chi connectivity index (χ4n) is 4.41.